The zero-order valence-electron chi connectivity index (χ0n) is 17.0. The van der Waals surface area contributed by atoms with E-state index >= 15 is 0 Å². The van der Waals surface area contributed by atoms with E-state index in [0.29, 0.717) is 5.92 Å². The fraction of sp³-hybridized carbons (Fsp3) is 0.308. The Bertz CT molecular complexity index is 1270. The van der Waals surface area contributed by atoms with Crippen LogP contribution in [0.15, 0.2) is 53.1 Å². The van der Waals surface area contributed by atoms with Crippen molar-refractivity contribution in [3.05, 3.63) is 71.2 Å². The van der Waals surface area contributed by atoms with Crippen molar-refractivity contribution < 1.29 is 8.98 Å². The summed E-state index contributed by atoms with van der Waals surface area (Å²) in [6.07, 6.45) is 8.29. The lowest BCUT2D eigenvalue weighted by atomic mass is 9.83. The first-order valence-electron chi connectivity index (χ1n) is 10.5. The van der Waals surface area contributed by atoms with Crippen molar-refractivity contribution in [2.24, 2.45) is 7.05 Å². The lowest BCUT2D eigenvalue weighted by Gasteiger charge is -2.23. The number of fused-ring (bicyclic) bond motifs is 3. The molecule has 0 aliphatic heterocycles. The molecule has 0 amide bonds. The summed E-state index contributed by atoms with van der Waals surface area (Å²) in [7, 11) is 2.06. The molecule has 1 aliphatic rings. The Kier molecular flexibility index (Phi) is 4.36. The molecule has 2 aromatic heterocycles. The number of benzene rings is 2. The molecule has 0 spiro atoms. The Morgan fingerprint density at radius 1 is 1.03 bits per heavy atom. The van der Waals surface area contributed by atoms with Gasteiger partial charge in [-0.1, -0.05) is 37.5 Å². The van der Waals surface area contributed by atoms with Gasteiger partial charge in [-0.2, -0.15) is 0 Å². The second-order valence-corrected chi connectivity index (χ2v) is 8.29. The first-order chi connectivity index (χ1) is 14.2. The molecule has 0 N–H and O–H groups in total. The number of pyridine rings is 1. The number of rotatable bonds is 2. The fourth-order valence-corrected chi connectivity index (χ4v) is 4.93. The maximum Gasteiger partial charge on any atom is 0.216 e. The van der Waals surface area contributed by atoms with Crippen molar-refractivity contribution in [2.75, 3.05) is 0 Å². The molecule has 3 heteroatoms. The number of hydrogen-bond donors (Lipinski definition) is 0. The molecule has 1 saturated carbocycles. The minimum absolute atomic E-state index is 0.499. The number of hydrogen-bond acceptors (Lipinski definition) is 1. The largest absolute Gasteiger partial charge is 0.456 e. The van der Waals surface area contributed by atoms with Gasteiger partial charge < -0.3 is 4.42 Å². The van der Waals surface area contributed by atoms with E-state index in [0.717, 1.165) is 38.9 Å². The molecule has 2 heterocycles. The van der Waals surface area contributed by atoms with E-state index in [4.69, 9.17) is 11.0 Å². The van der Waals surface area contributed by atoms with Crippen molar-refractivity contribution in [1.82, 2.24) is 0 Å². The summed E-state index contributed by atoms with van der Waals surface area (Å²) >= 11 is 0. The molecule has 5 rings (SSSR count). The summed E-state index contributed by atoms with van der Waals surface area (Å²) in [5.41, 5.74) is 7.15. The molecule has 4 aromatic rings. The van der Waals surface area contributed by atoms with Gasteiger partial charge in [-0.25, -0.2) is 9.41 Å². The Labute approximate surface area is 171 Å². The summed E-state index contributed by atoms with van der Waals surface area (Å²) in [5, 5.41) is 2.27. The zero-order chi connectivity index (χ0) is 20.0. The Balaban J connectivity index is 1.79. The number of aryl methyl sites for hydroxylation is 2. The van der Waals surface area contributed by atoms with Gasteiger partial charge in [0.15, 0.2) is 11.9 Å². The second-order valence-electron chi connectivity index (χ2n) is 8.29. The molecule has 2 aromatic carbocycles. The van der Waals surface area contributed by atoms with Crippen LogP contribution in [0.5, 0.6) is 0 Å². The van der Waals surface area contributed by atoms with E-state index in [1.165, 1.54) is 43.2 Å². The van der Waals surface area contributed by atoms with Crippen LogP contribution in [0.2, 0.25) is 0 Å². The molecule has 0 radical (unpaired) electrons. The highest BCUT2D eigenvalue weighted by Crippen LogP contribution is 2.43. The van der Waals surface area contributed by atoms with Gasteiger partial charge >= 0.3 is 0 Å². The molecule has 1 aliphatic carbocycles. The predicted molar refractivity (Wildman–Crippen MR) is 117 cm³/mol. The molecule has 0 atom stereocenters. The molecule has 0 unspecified atom stereocenters. The monoisotopic (exact) mass is 381 g/mol. The summed E-state index contributed by atoms with van der Waals surface area (Å²) in [6.45, 7) is 9.86. The summed E-state index contributed by atoms with van der Waals surface area (Å²) in [4.78, 5) is 3.86. The van der Waals surface area contributed by atoms with Gasteiger partial charge in [-0.05, 0) is 48.9 Å². The highest BCUT2D eigenvalue weighted by atomic mass is 16.3. The maximum atomic E-state index is 7.73. The van der Waals surface area contributed by atoms with E-state index in [1.54, 1.807) is 0 Å². The lowest BCUT2D eigenvalue weighted by Crippen LogP contribution is -2.30. The molecule has 144 valence electrons. The van der Waals surface area contributed by atoms with E-state index in [-0.39, 0.29) is 0 Å². The molecule has 29 heavy (non-hydrogen) atoms. The minimum Gasteiger partial charge on any atom is -0.456 e. The molecule has 0 bridgehead atoms. The lowest BCUT2D eigenvalue weighted by molar-refractivity contribution is -0.660. The van der Waals surface area contributed by atoms with Gasteiger partial charge in [0.25, 0.3) is 0 Å². The van der Waals surface area contributed by atoms with Gasteiger partial charge in [0.2, 0.25) is 5.69 Å². The third kappa shape index (κ3) is 2.91. The first kappa shape index (κ1) is 17.9. The van der Waals surface area contributed by atoms with E-state index in [1.807, 2.05) is 12.1 Å². The minimum atomic E-state index is 0.499. The van der Waals surface area contributed by atoms with Crippen molar-refractivity contribution in [3.8, 4) is 11.3 Å². The second kappa shape index (κ2) is 7.04. The van der Waals surface area contributed by atoms with Crippen molar-refractivity contribution in [2.45, 2.75) is 44.9 Å². The maximum absolute atomic E-state index is 7.73. The van der Waals surface area contributed by atoms with Gasteiger partial charge in [-0.15, -0.1) is 0 Å². The Morgan fingerprint density at radius 3 is 2.62 bits per heavy atom. The van der Waals surface area contributed by atoms with Crippen LogP contribution in [-0.2, 0) is 7.05 Å². The Morgan fingerprint density at radius 2 is 1.86 bits per heavy atom. The molecular weight excluding hydrogens is 356 g/mol. The van der Waals surface area contributed by atoms with Gasteiger partial charge in [-0.3, -0.25) is 0 Å². The van der Waals surface area contributed by atoms with Crippen LogP contribution in [-0.4, -0.2) is 0 Å². The summed E-state index contributed by atoms with van der Waals surface area (Å²) in [6, 6.07) is 14.8. The van der Waals surface area contributed by atoms with Crippen LogP contribution in [0.4, 0.5) is 5.69 Å². The standard InChI is InChI=1S/C26H25N2O/c1-17-12-13-19-21-15-20(18-9-5-4-6-10-18)22(27-2)16-24(21)29-26(19)25(17)23-11-7-8-14-28(23)3/h7-8,11-16,18H,4-6,9-10H2,1,3H3/q+1. The quantitative estimate of drug-likeness (QED) is 0.271. The van der Waals surface area contributed by atoms with Crippen LogP contribution in [0.3, 0.4) is 0 Å². The normalized spacial score (nSPS) is 15.1. The third-order valence-electron chi connectivity index (χ3n) is 6.47. The molecule has 3 nitrogen and oxygen atoms in total. The van der Waals surface area contributed by atoms with Gasteiger partial charge in [0.05, 0.1) is 12.1 Å². The van der Waals surface area contributed by atoms with Crippen LogP contribution in [0, 0.1) is 13.5 Å². The van der Waals surface area contributed by atoms with Crippen LogP contribution < -0.4 is 4.57 Å². The Hall–Kier alpha value is -3.12. The van der Waals surface area contributed by atoms with Gasteiger partial charge in [0, 0.05) is 22.9 Å². The van der Waals surface area contributed by atoms with Crippen LogP contribution >= 0.6 is 0 Å². The van der Waals surface area contributed by atoms with E-state index < -0.39 is 0 Å². The smallest absolute Gasteiger partial charge is 0.216 e. The van der Waals surface area contributed by atoms with E-state index in [2.05, 4.69) is 59.9 Å². The number of nitrogens with zero attached hydrogens (tertiary/aromatic N) is 2. The topological polar surface area (TPSA) is 21.4 Å². The van der Waals surface area contributed by atoms with Gasteiger partial charge in [0.1, 0.15) is 18.2 Å². The predicted octanol–water partition coefficient (Wildman–Crippen LogP) is 6.98. The summed E-state index contributed by atoms with van der Waals surface area (Å²) in [5.74, 6) is 0.499. The van der Waals surface area contributed by atoms with Crippen molar-refractivity contribution >= 4 is 27.6 Å². The number of furan rings is 1. The average Bonchev–Trinajstić information content (AvgIpc) is 3.11. The van der Waals surface area contributed by atoms with Crippen LogP contribution in [0.25, 0.3) is 38.0 Å². The highest BCUT2D eigenvalue weighted by molar-refractivity contribution is 6.10. The molecule has 0 saturated heterocycles. The SMILES string of the molecule is [C-]#[N+]c1cc2oc3c(-c4cccc[n+]4C)c(C)ccc3c2cc1C1CCCCC1. The van der Waals surface area contributed by atoms with Crippen molar-refractivity contribution in [1.29, 1.82) is 0 Å². The number of aromatic nitrogens is 1. The van der Waals surface area contributed by atoms with Crippen molar-refractivity contribution in [3.63, 3.8) is 0 Å². The summed E-state index contributed by atoms with van der Waals surface area (Å²) < 4.78 is 8.53. The zero-order valence-corrected chi connectivity index (χ0v) is 17.0. The molecule has 1 fully saturated rings. The average molecular weight is 381 g/mol. The van der Waals surface area contributed by atoms with E-state index in [9.17, 15) is 0 Å². The molecular formula is C26H25N2O+. The fourth-order valence-electron chi connectivity index (χ4n) is 4.93. The third-order valence-corrected chi connectivity index (χ3v) is 6.47. The highest BCUT2D eigenvalue weighted by Gasteiger charge is 2.23. The first-order valence-corrected chi connectivity index (χ1v) is 10.5. The van der Waals surface area contributed by atoms with Crippen LogP contribution in [0.1, 0.15) is 49.1 Å².